The lowest BCUT2D eigenvalue weighted by Crippen LogP contribution is -2.30. The summed E-state index contributed by atoms with van der Waals surface area (Å²) in [7, 11) is 0. The third-order valence-electron chi connectivity index (χ3n) is 6.35. The number of fused-ring (bicyclic) bond motifs is 4. The van der Waals surface area contributed by atoms with Crippen LogP contribution in [0.1, 0.15) is 39.9 Å². The molecule has 0 saturated heterocycles. The number of nitrogens with one attached hydrogen (secondary N) is 1. The van der Waals surface area contributed by atoms with E-state index in [0.29, 0.717) is 17.9 Å². The summed E-state index contributed by atoms with van der Waals surface area (Å²) in [6, 6.07) is 17.8. The van der Waals surface area contributed by atoms with Crippen molar-refractivity contribution in [2.75, 3.05) is 6.61 Å². The van der Waals surface area contributed by atoms with Gasteiger partial charge in [0.25, 0.3) is 5.91 Å². The number of rotatable bonds is 6. The van der Waals surface area contributed by atoms with Crippen molar-refractivity contribution >= 4 is 33.7 Å². The summed E-state index contributed by atoms with van der Waals surface area (Å²) in [6.45, 7) is 0.161. The van der Waals surface area contributed by atoms with Gasteiger partial charge in [0.2, 0.25) is 0 Å². The lowest BCUT2D eigenvalue weighted by Gasteiger charge is -2.21. The van der Waals surface area contributed by atoms with Crippen LogP contribution in [-0.4, -0.2) is 28.2 Å². The standard InChI is InChI=1S/C26H25N3O4/c27-28-26(32)19-11-6-12-20-23(19)24-21(29(20)14-16-7-2-1-3-8-16)13-17-9-4-5-10-18(17)25(24)33-15-22(30)31/h1-3,6-8,11-13H,4-5,9-10,14-15,27H2,(H,28,32)(H,30,31). The highest BCUT2D eigenvalue weighted by Gasteiger charge is 2.26. The third-order valence-corrected chi connectivity index (χ3v) is 6.35. The number of aliphatic carboxylic acids is 1. The fraction of sp³-hybridized carbons (Fsp3) is 0.231. The van der Waals surface area contributed by atoms with Crippen molar-refractivity contribution in [3.63, 3.8) is 0 Å². The van der Waals surface area contributed by atoms with Crippen molar-refractivity contribution < 1.29 is 19.4 Å². The molecule has 1 heterocycles. The molecule has 0 radical (unpaired) electrons. The van der Waals surface area contributed by atoms with Gasteiger partial charge in [-0.2, -0.15) is 0 Å². The number of carboxylic acid groups (broad SMARTS) is 1. The predicted molar refractivity (Wildman–Crippen MR) is 126 cm³/mol. The van der Waals surface area contributed by atoms with Crippen LogP contribution in [0.4, 0.5) is 0 Å². The highest BCUT2D eigenvalue weighted by atomic mass is 16.5. The molecule has 1 aliphatic rings. The van der Waals surface area contributed by atoms with Crippen LogP contribution in [0.3, 0.4) is 0 Å². The summed E-state index contributed by atoms with van der Waals surface area (Å²) in [5, 5.41) is 10.8. The van der Waals surface area contributed by atoms with E-state index in [1.165, 1.54) is 5.56 Å². The minimum absolute atomic E-state index is 0.402. The van der Waals surface area contributed by atoms with E-state index in [2.05, 4.69) is 28.2 Å². The first-order valence-electron chi connectivity index (χ1n) is 11.1. The Balaban J connectivity index is 1.88. The van der Waals surface area contributed by atoms with Gasteiger partial charge in [0.1, 0.15) is 5.75 Å². The fourth-order valence-electron chi connectivity index (χ4n) is 4.96. The van der Waals surface area contributed by atoms with E-state index in [0.717, 1.165) is 58.6 Å². The SMILES string of the molecule is NNC(=O)c1cccc2c1c1c(OCC(=O)O)c3c(cc1n2Cc1ccccc1)CCCC3. The average Bonchev–Trinajstić information content (AvgIpc) is 3.15. The summed E-state index contributed by atoms with van der Waals surface area (Å²) in [6.07, 6.45) is 3.83. The Morgan fingerprint density at radius 3 is 2.55 bits per heavy atom. The Kier molecular flexibility index (Phi) is 5.48. The topological polar surface area (TPSA) is 107 Å². The molecule has 7 nitrogen and oxygen atoms in total. The zero-order valence-corrected chi connectivity index (χ0v) is 18.1. The first-order chi connectivity index (χ1) is 16.1. The van der Waals surface area contributed by atoms with Gasteiger partial charge in [-0.05, 0) is 60.6 Å². The van der Waals surface area contributed by atoms with Gasteiger partial charge in [-0.15, -0.1) is 0 Å². The Labute approximate surface area is 190 Å². The van der Waals surface area contributed by atoms with Crippen molar-refractivity contribution in [1.82, 2.24) is 9.99 Å². The van der Waals surface area contributed by atoms with Crippen LogP contribution < -0.4 is 16.0 Å². The minimum Gasteiger partial charge on any atom is -0.481 e. The molecule has 0 aliphatic heterocycles. The van der Waals surface area contributed by atoms with E-state index in [4.69, 9.17) is 10.6 Å². The molecule has 1 aliphatic carbocycles. The number of aryl methyl sites for hydroxylation is 1. The molecule has 5 rings (SSSR count). The van der Waals surface area contributed by atoms with E-state index >= 15 is 0 Å². The van der Waals surface area contributed by atoms with E-state index in [-0.39, 0.29) is 0 Å². The van der Waals surface area contributed by atoms with Crippen LogP contribution in [0.15, 0.2) is 54.6 Å². The van der Waals surface area contributed by atoms with E-state index in [1.807, 2.05) is 30.3 Å². The molecule has 7 heteroatoms. The zero-order chi connectivity index (χ0) is 22.9. The summed E-state index contributed by atoms with van der Waals surface area (Å²) in [5.41, 5.74) is 7.81. The molecule has 3 aromatic carbocycles. The number of hydrogen-bond donors (Lipinski definition) is 3. The van der Waals surface area contributed by atoms with Crippen LogP contribution in [-0.2, 0) is 24.2 Å². The van der Waals surface area contributed by atoms with Gasteiger partial charge in [0, 0.05) is 11.9 Å². The number of aromatic nitrogens is 1. The number of carboxylic acids is 1. The number of carbonyl (C=O) groups is 2. The van der Waals surface area contributed by atoms with Crippen LogP contribution in [0.5, 0.6) is 5.75 Å². The van der Waals surface area contributed by atoms with Crippen LogP contribution >= 0.6 is 0 Å². The van der Waals surface area contributed by atoms with Gasteiger partial charge < -0.3 is 14.4 Å². The second kappa shape index (κ2) is 8.60. The average molecular weight is 444 g/mol. The minimum atomic E-state index is -1.04. The molecule has 0 bridgehead atoms. The molecule has 0 fully saturated rings. The van der Waals surface area contributed by atoms with Crippen LogP contribution in [0.25, 0.3) is 21.8 Å². The van der Waals surface area contributed by atoms with E-state index < -0.39 is 18.5 Å². The number of carbonyl (C=O) groups excluding carboxylic acids is 1. The number of nitrogens with two attached hydrogens (primary N) is 1. The number of nitrogen functional groups attached to an aromatic ring is 1. The number of ether oxygens (including phenoxy) is 1. The van der Waals surface area contributed by atoms with Gasteiger partial charge in [-0.3, -0.25) is 10.2 Å². The van der Waals surface area contributed by atoms with Crippen molar-refractivity contribution in [1.29, 1.82) is 0 Å². The van der Waals surface area contributed by atoms with Crippen molar-refractivity contribution in [2.45, 2.75) is 32.2 Å². The second-order valence-corrected chi connectivity index (χ2v) is 8.37. The molecular formula is C26H25N3O4. The van der Waals surface area contributed by atoms with Gasteiger partial charge in [0.05, 0.1) is 22.0 Å². The highest BCUT2D eigenvalue weighted by molar-refractivity contribution is 6.20. The molecule has 1 amide bonds. The van der Waals surface area contributed by atoms with E-state index in [9.17, 15) is 14.7 Å². The Bertz CT molecular complexity index is 1380. The number of hydrogen-bond acceptors (Lipinski definition) is 4. The lowest BCUT2D eigenvalue weighted by atomic mass is 9.89. The first-order valence-corrected chi connectivity index (χ1v) is 11.1. The van der Waals surface area contributed by atoms with Gasteiger partial charge in [-0.25, -0.2) is 10.6 Å². The molecular weight excluding hydrogens is 418 g/mol. The number of benzene rings is 3. The first kappa shape index (κ1) is 21.0. The molecule has 0 atom stereocenters. The smallest absolute Gasteiger partial charge is 0.341 e. The van der Waals surface area contributed by atoms with Gasteiger partial charge in [0.15, 0.2) is 6.61 Å². The van der Waals surface area contributed by atoms with Crippen LogP contribution in [0, 0.1) is 0 Å². The number of amides is 1. The summed E-state index contributed by atoms with van der Waals surface area (Å²) >= 11 is 0. The normalized spacial score (nSPS) is 13.1. The van der Waals surface area contributed by atoms with Crippen LogP contribution in [0.2, 0.25) is 0 Å². The maximum Gasteiger partial charge on any atom is 0.341 e. The molecule has 0 saturated carbocycles. The van der Waals surface area contributed by atoms with Crippen molar-refractivity contribution in [3.8, 4) is 5.75 Å². The fourth-order valence-corrected chi connectivity index (χ4v) is 4.96. The third kappa shape index (κ3) is 3.70. The number of hydrazine groups is 1. The largest absolute Gasteiger partial charge is 0.481 e. The maximum atomic E-state index is 12.7. The number of nitrogens with zero attached hydrogens (tertiary/aromatic N) is 1. The Morgan fingerprint density at radius 2 is 1.79 bits per heavy atom. The summed E-state index contributed by atoms with van der Waals surface area (Å²) < 4.78 is 8.12. The second-order valence-electron chi connectivity index (χ2n) is 8.37. The Morgan fingerprint density at radius 1 is 1.00 bits per heavy atom. The molecule has 33 heavy (non-hydrogen) atoms. The highest BCUT2D eigenvalue weighted by Crippen LogP contribution is 2.43. The van der Waals surface area contributed by atoms with E-state index in [1.54, 1.807) is 6.07 Å². The summed E-state index contributed by atoms with van der Waals surface area (Å²) in [5.74, 6) is 4.63. The molecule has 1 aromatic heterocycles. The van der Waals surface area contributed by atoms with Crippen molar-refractivity contribution in [3.05, 3.63) is 76.9 Å². The lowest BCUT2D eigenvalue weighted by molar-refractivity contribution is -0.139. The van der Waals surface area contributed by atoms with Gasteiger partial charge >= 0.3 is 5.97 Å². The molecule has 0 unspecified atom stereocenters. The molecule has 4 N–H and O–H groups in total. The maximum absolute atomic E-state index is 12.7. The van der Waals surface area contributed by atoms with Gasteiger partial charge in [-0.1, -0.05) is 36.4 Å². The molecule has 0 spiro atoms. The van der Waals surface area contributed by atoms with Crippen molar-refractivity contribution in [2.24, 2.45) is 5.84 Å². The monoisotopic (exact) mass is 443 g/mol. The predicted octanol–water partition coefficient (Wildman–Crippen LogP) is 3.79. The Hall–Kier alpha value is -3.84. The molecule has 4 aromatic rings. The zero-order valence-electron chi connectivity index (χ0n) is 18.1. The quantitative estimate of drug-likeness (QED) is 0.239. The summed E-state index contributed by atoms with van der Waals surface area (Å²) in [4.78, 5) is 24.1. The molecule has 168 valence electrons.